The maximum Gasteiger partial charge on any atom is 0.162 e. The molecule has 0 aliphatic carbocycles. The van der Waals surface area contributed by atoms with Gasteiger partial charge in [-0.25, -0.2) is 0 Å². The first kappa shape index (κ1) is 37.2. The number of likely N-dealkylation sites (tertiary alicyclic amines) is 2. The Morgan fingerprint density at radius 3 is 1.51 bits per heavy atom. The highest BCUT2D eigenvalue weighted by Crippen LogP contribution is 2.29. The molecule has 0 amide bonds. The van der Waals surface area contributed by atoms with Gasteiger partial charge in [-0.1, -0.05) is 61.1 Å². The van der Waals surface area contributed by atoms with Crippen LogP contribution >= 0.6 is 0 Å². The fraction of sp³-hybridized carbons (Fsp3) is 0.610. The Balaban J connectivity index is 0.967. The summed E-state index contributed by atoms with van der Waals surface area (Å²) >= 11 is 0. The van der Waals surface area contributed by atoms with Gasteiger partial charge in [0.15, 0.2) is 11.5 Å². The summed E-state index contributed by atoms with van der Waals surface area (Å²) in [5.74, 6) is 16.5. The molecule has 0 unspecified atom stereocenters. The summed E-state index contributed by atoms with van der Waals surface area (Å²) in [6.45, 7) is 11.4. The van der Waals surface area contributed by atoms with E-state index in [-0.39, 0.29) is 0 Å². The Morgan fingerprint density at radius 1 is 0.510 bits per heavy atom. The number of fused-ring (bicyclic) bond motifs is 1. The third kappa shape index (κ3) is 14.7. The molecule has 8 nitrogen and oxygen atoms in total. The monoisotopic (exact) mass is 672 g/mol. The van der Waals surface area contributed by atoms with Crippen molar-refractivity contribution in [2.75, 3.05) is 105 Å². The van der Waals surface area contributed by atoms with E-state index in [1.807, 2.05) is 24.3 Å². The van der Waals surface area contributed by atoms with E-state index in [9.17, 15) is 0 Å². The molecule has 266 valence electrons. The van der Waals surface area contributed by atoms with Crippen molar-refractivity contribution in [2.45, 2.75) is 44.9 Å². The zero-order valence-corrected chi connectivity index (χ0v) is 29.4. The molecule has 3 aliphatic heterocycles. The predicted molar refractivity (Wildman–Crippen MR) is 193 cm³/mol. The molecule has 3 aliphatic rings. The number of nitrogens with zero attached hydrogens (tertiary/aromatic N) is 2. The molecular weight excluding hydrogens is 616 g/mol. The number of hydrogen-bond donors (Lipinski definition) is 0. The average Bonchev–Trinajstić information content (AvgIpc) is 3.13. The summed E-state index contributed by atoms with van der Waals surface area (Å²) in [7, 11) is 0. The van der Waals surface area contributed by atoms with Gasteiger partial charge in [0, 0.05) is 11.1 Å². The molecule has 0 atom stereocenters. The minimum atomic E-state index is 0.423. The van der Waals surface area contributed by atoms with Gasteiger partial charge >= 0.3 is 0 Å². The minimum Gasteiger partial charge on any atom is -0.487 e. The van der Waals surface area contributed by atoms with Crippen molar-refractivity contribution in [3.8, 4) is 35.2 Å². The van der Waals surface area contributed by atoms with Gasteiger partial charge in [-0.15, -0.1) is 0 Å². The third-order valence-electron chi connectivity index (χ3n) is 9.51. The van der Waals surface area contributed by atoms with E-state index < -0.39 is 0 Å². The molecule has 8 heteroatoms. The van der Waals surface area contributed by atoms with Crippen molar-refractivity contribution in [2.24, 2.45) is 11.8 Å². The Bertz CT molecular complexity index is 1320. The molecular formula is C41H56N2O6. The van der Waals surface area contributed by atoms with Gasteiger partial charge < -0.3 is 28.4 Å². The molecule has 2 aromatic rings. The quantitative estimate of drug-likeness (QED) is 0.372. The molecule has 0 aromatic heterocycles. The first-order chi connectivity index (χ1) is 24.3. The molecule has 49 heavy (non-hydrogen) atoms. The fourth-order valence-corrected chi connectivity index (χ4v) is 6.59. The van der Waals surface area contributed by atoms with Crippen LogP contribution in [-0.4, -0.2) is 115 Å². The topological polar surface area (TPSA) is 61.9 Å². The normalized spacial score (nSPS) is 20.2. The highest BCUT2D eigenvalue weighted by Gasteiger charge is 2.21. The third-order valence-corrected chi connectivity index (χ3v) is 9.51. The molecule has 0 bridgehead atoms. The van der Waals surface area contributed by atoms with Crippen LogP contribution in [0.4, 0.5) is 0 Å². The largest absolute Gasteiger partial charge is 0.487 e. The second-order valence-corrected chi connectivity index (χ2v) is 13.1. The lowest BCUT2D eigenvalue weighted by Gasteiger charge is -2.32. The summed E-state index contributed by atoms with van der Waals surface area (Å²) in [5, 5.41) is 0. The van der Waals surface area contributed by atoms with E-state index in [4.69, 9.17) is 28.4 Å². The van der Waals surface area contributed by atoms with Crippen molar-refractivity contribution >= 4 is 0 Å². The maximum absolute atomic E-state index is 6.05. The summed E-state index contributed by atoms with van der Waals surface area (Å²) in [6, 6.07) is 16.2. The number of rotatable bonds is 6. The lowest BCUT2D eigenvalue weighted by Crippen LogP contribution is -2.34. The van der Waals surface area contributed by atoms with Gasteiger partial charge in [0.25, 0.3) is 0 Å². The number of ether oxygens (including phenoxy) is 6. The van der Waals surface area contributed by atoms with Crippen LogP contribution in [0.1, 0.15) is 56.1 Å². The summed E-state index contributed by atoms with van der Waals surface area (Å²) < 4.78 is 34.3. The standard InChI is InChI=1S/C41H56N2O6/c1-2-7-36(8-3-1)11-5-19-42-21-15-37(16-22-42)9-4-10-38-17-23-43(24-18-38)20-6-12-39-13-14-40-41(35-39)49-34-32-47-30-28-45-26-25-44-27-29-46-31-33-48-40/h1-3,7-8,13-14,35,37-38H,4,9-10,15-34H2. The SMILES string of the molecule is C(#Cc1ccccc1)CN1CCC(CCCC2CCN(CC#Cc3ccc4c(c3)OCCOCCOCCOCCOCCO4)CC2)CC1. The van der Waals surface area contributed by atoms with E-state index in [2.05, 4.69) is 57.7 Å². The smallest absolute Gasteiger partial charge is 0.162 e. The van der Waals surface area contributed by atoms with E-state index in [1.54, 1.807) is 0 Å². The fourth-order valence-electron chi connectivity index (χ4n) is 6.59. The highest BCUT2D eigenvalue weighted by molar-refractivity contribution is 5.48. The van der Waals surface area contributed by atoms with Crippen LogP contribution in [0, 0.1) is 35.5 Å². The first-order valence-corrected chi connectivity index (χ1v) is 18.5. The Morgan fingerprint density at radius 2 is 0.980 bits per heavy atom. The van der Waals surface area contributed by atoms with Crippen LogP contribution in [0.2, 0.25) is 0 Å². The molecule has 5 rings (SSSR count). The zero-order chi connectivity index (χ0) is 33.6. The van der Waals surface area contributed by atoms with E-state index in [0.717, 1.165) is 49.1 Å². The summed E-state index contributed by atoms with van der Waals surface area (Å²) in [6.07, 6.45) is 9.35. The van der Waals surface area contributed by atoms with Gasteiger partial charge in [-0.3, -0.25) is 9.80 Å². The van der Waals surface area contributed by atoms with Gasteiger partial charge in [0.2, 0.25) is 0 Å². The van der Waals surface area contributed by atoms with Gasteiger partial charge in [0.1, 0.15) is 13.2 Å². The van der Waals surface area contributed by atoms with Gasteiger partial charge in [0.05, 0.1) is 65.9 Å². The number of piperidine rings is 2. The molecule has 0 spiro atoms. The first-order valence-electron chi connectivity index (χ1n) is 18.5. The number of hydrogen-bond acceptors (Lipinski definition) is 8. The van der Waals surface area contributed by atoms with Crippen molar-refractivity contribution < 1.29 is 28.4 Å². The molecule has 3 heterocycles. The molecule has 0 N–H and O–H groups in total. The van der Waals surface area contributed by atoms with Crippen LogP contribution in [0.3, 0.4) is 0 Å². The number of benzene rings is 2. The van der Waals surface area contributed by atoms with Crippen LogP contribution in [0.5, 0.6) is 11.5 Å². The van der Waals surface area contributed by atoms with Crippen LogP contribution in [-0.2, 0) is 18.9 Å². The van der Waals surface area contributed by atoms with Crippen LogP contribution < -0.4 is 9.47 Å². The van der Waals surface area contributed by atoms with Crippen LogP contribution in [0.25, 0.3) is 0 Å². The van der Waals surface area contributed by atoms with Crippen molar-refractivity contribution in [3.05, 3.63) is 59.7 Å². The lowest BCUT2D eigenvalue weighted by molar-refractivity contribution is -0.00841. The van der Waals surface area contributed by atoms with Gasteiger partial charge in [-0.2, -0.15) is 0 Å². The van der Waals surface area contributed by atoms with Crippen LogP contribution in [0.15, 0.2) is 48.5 Å². The molecule has 2 saturated heterocycles. The molecule has 0 radical (unpaired) electrons. The minimum absolute atomic E-state index is 0.423. The second kappa shape index (κ2) is 22.6. The zero-order valence-electron chi connectivity index (χ0n) is 29.4. The maximum atomic E-state index is 6.05. The Hall–Kier alpha value is -3.08. The second-order valence-electron chi connectivity index (χ2n) is 13.1. The van der Waals surface area contributed by atoms with E-state index in [0.29, 0.717) is 77.6 Å². The molecule has 2 aromatic carbocycles. The highest BCUT2D eigenvalue weighted by atomic mass is 16.6. The Labute approximate surface area is 294 Å². The Kier molecular flexibility index (Phi) is 17.1. The summed E-state index contributed by atoms with van der Waals surface area (Å²) in [5.41, 5.74) is 2.03. The van der Waals surface area contributed by atoms with Gasteiger partial charge in [-0.05, 0) is 94.0 Å². The van der Waals surface area contributed by atoms with E-state index >= 15 is 0 Å². The average molecular weight is 673 g/mol. The summed E-state index contributed by atoms with van der Waals surface area (Å²) in [4.78, 5) is 5.02. The predicted octanol–water partition coefficient (Wildman–Crippen LogP) is 5.52. The van der Waals surface area contributed by atoms with Crippen molar-refractivity contribution in [3.63, 3.8) is 0 Å². The molecule has 2 fully saturated rings. The lowest BCUT2D eigenvalue weighted by atomic mass is 9.87. The molecule has 0 saturated carbocycles. The van der Waals surface area contributed by atoms with Crippen molar-refractivity contribution in [1.82, 2.24) is 9.80 Å². The van der Waals surface area contributed by atoms with E-state index in [1.165, 1.54) is 58.0 Å². The van der Waals surface area contributed by atoms with Crippen molar-refractivity contribution in [1.29, 1.82) is 0 Å².